The molecule has 1 aliphatic heterocycles. The molecule has 1 aliphatic rings. The summed E-state index contributed by atoms with van der Waals surface area (Å²) in [5.74, 6) is 0. The quantitative estimate of drug-likeness (QED) is 0.652. The second kappa shape index (κ2) is 7.10. The second-order valence-corrected chi connectivity index (χ2v) is 3.12. The van der Waals surface area contributed by atoms with Crippen molar-refractivity contribution >= 4 is 0 Å². The molecule has 0 spiro atoms. The summed E-state index contributed by atoms with van der Waals surface area (Å²) in [5, 5.41) is 5.44. The summed E-state index contributed by atoms with van der Waals surface area (Å²) in [5.41, 5.74) is 0. The Labute approximate surface area is 91.1 Å². The molecule has 0 unspecified atom stereocenters. The normalized spacial score (nSPS) is 21.0. The number of hydroxylamine groups is 6. The molecule has 0 saturated carbocycles. The van der Waals surface area contributed by atoms with Crippen LogP contribution in [0.5, 0.6) is 0 Å². The van der Waals surface area contributed by atoms with Gasteiger partial charge in [-0.15, -0.1) is 0 Å². The molecule has 0 aliphatic carbocycles. The molecule has 0 aromatic carbocycles. The van der Waals surface area contributed by atoms with Crippen molar-refractivity contribution in [2.24, 2.45) is 0 Å². The largest absolute Gasteiger partial charge is 0.297 e. The van der Waals surface area contributed by atoms with E-state index in [0.29, 0.717) is 39.8 Å². The van der Waals surface area contributed by atoms with Crippen LogP contribution in [-0.2, 0) is 14.5 Å². The second-order valence-electron chi connectivity index (χ2n) is 3.12. The first-order valence-electron chi connectivity index (χ1n) is 5.43. The van der Waals surface area contributed by atoms with Crippen LogP contribution in [0.3, 0.4) is 0 Å². The van der Waals surface area contributed by atoms with E-state index >= 15 is 0 Å². The minimum absolute atomic E-state index is 0.644. The first-order valence-corrected chi connectivity index (χ1v) is 5.43. The maximum atomic E-state index is 5.43. The molecule has 90 valence electrons. The summed E-state index contributed by atoms with van der Waals surface area (Å²) in [6.45, 7) is 9.78. The Balaban J connectivity index is 2.40. The van der Waals surface area contributed by atoms with Crippen LogP contribution >= 0.6 is 0 Å². The summed E-state index contributed by atoms with van der Waals surface area (Å²) < 4.78 is 0. The van der Waals surface area contributed by atoms with Crippen LogP contribution in [-0.4, -0.2) is 55.0 Å². The smallest absolute Gasteiger partial charge is 0.103 e. The molecular formula is C9H21N3O3. The molecule has 0 radical (unpaired) electrons. The molecule has 6 heteroatoms. The molecule has 0 amide bonds. The molecular weight excluding hydrogens is 198 g/mol. The predicted octanol–water partition coefficient (Wildman–Crippen LogP) is 0.633. The van der Waals surface area contributed by atoms with Gasteiger partial charge in [-0.2, -0.15) is 15.2 Å². The van der Waals surface area contributed by atoms with Crippen LogP contribution in [0.2, 0.25) is 0 Å². The van der Waals surface area contributed by atoms with Gasteiger partial charge in [0, 0.05) is 0 Å². The molecule has 1 rings (SSSR count). The Kier molecular flexibility index (Phi) is 6.07. The molecule has 1 fully saturated rings. The summed E-state index contributed by atoms with van der Waals surface area (Å²) in [7, 11) is 0. The number of hydrogen-bond donors (Lipinski definition) is 0. The van der Waals surface area contributed by atoms with Crippen molar-refractivity contribution in [1.82, 2.24) is 15.2 Å². The first kappa shape index (κ1) is 12.8. The van der Waals surface area contributed by atoms with Crippen molar-refractivity contribution in [3.63, 3.8) is 0 Å². The Morgan fingerprint density at radius 1 is 0.667 bits per heavy atom. The van der Waals surface area contributed by atoms with E-state index in [4.69, 9.17) is 14.5 Å². The van der Waals surface area contributed by atoms with Gasteiger partial charge in [0.05, 0.1) is 19.8 Å². The molecule has 1 heterocycles. The topological polar surface area (TPSA) is 37.4 Å². The number of rotatable bonds is 6. The Morgan fingerprint density at radius 2 is 0.933 bits per heavy atom. The van der Waals surface area contributed by atoms with Crippen molar-refractivity contribution in [1.29, 1.82) is 0 Å². The third-order valence-corrected chi connectivity index (χ3v) is 1.88. The van der Waals surface area contributed by atoms with E-state index in [1.807, 2.05) is 36.0 Å². The zero-order valence-corrected chi connectivity index (χ0v) is 9.81. The van der Waals surface area contributed by atoms with Crippen LogP contribution in [0.25, 0.3) is 0 Å². The molecule has 15 heavy (non-hydrogen) atoms. The fourth-order valence-electron chi connectivity index (χ4n) is 1.45. The molecule has 6 nitrogen and oxygen atoms in total. The van der Waals surface area contributed by atoms with Gasteiger partial charge in [-0.1, -0.05) is 0 Å². The average molecular weight is 219 g/mol. The zero-order chi connectivity index (χ0) is 11.1. The maximum absolute atomic E-state index is 5.43. The lowest BCUT2D eigenvalue weighted by Gasteiger charge is -2.39. The highest BCUT2D eigenvalue weighted by Crippen LogP contribution is 2.08. The summed E-state index contributed by atoms with van der Waals surface area (Å²) in [6.07, 6.45) is 0. The highest BCUT2D eigenvalue weighted by molar-refractivity contribution is 4.51. The Morgan fingerprint density at radius 3 is 1.13 bits per heavy atom. The minimum atomic E-state index is 0.644. The lowest BCUT2D eigenvalue weighted by Crippen LogP contribution is -2.54. The van der Waals surface area contributed by atoms with Crippen LogP contribution in [0.15, 0.2) is 0 Å². The molecule has 0 aromatic heterocycles. The van der Waals surface area contributed by atoms with E-state index in [1.165, 1.54) is 0 Å². The van der Waals surface area contributed by atoms with Crippen LogP contribution in [0.4, 0.5) is 0 Å². The van der Waals surface area contributed by atoms with Gasteiger partial charge < -0.3 is 0 Å². The first-order chi connectivity index (χ1) is 7.30. The van der Waals surface area contributed by atoms with Gasteiger partial charge in [0.1, 0.15) is 20.0 Å². The lowest BCUT2D eigenvalue weighted by atomic mass is 10.7. The number of nitrogens with zero attached hydrogens (tertiary/aromatic N) is 3. The fraction of sp³-hybridized carbons (Fsp3) is 1.00. The third-order valence-electron chi connectivity index (χ3n) is 1.88. The van der Waals surface area contributed by atoms with Crippen molar-refractivity contribution in [3.05, 3.63) is 0 Å². The highest BCUT2D eigenvalue weighted by Gasteiger charge is 2.24. The van der Waals surface area contributed by atoms with Gasteiger partial charge in [0.15, 0.2) is 0 Å². The third kappa shape index (κ3) is 4.42. The summed E-state index contributed by atoms with van der Waals surface area (Å²) in [4.78, 5) is 16.3. The van der Waals surface area contributed by atoms with Gasteiger partial charge >= 0.3 is 0 Å². The van der Waals surface area contributed by atoms with Crippen molar-refractivity contribution in [2.45, 2.75) is 20.8 Å². The van der Waals surface area contributed by atoms with Crippen LogP contribution in [0.1, 0.15) is 20.8 Å². The van der Waals surface area contributed by atoms with Gasteiger partial charge in [-0.25, -0.2) is 0 Å². The summed E-state index contributed by atoms with van der Waals surface area (Å²) >= 11 is 0. The SMILES string of the molecule is CCON1CN(OCC)CN(OCC)C1. The van der Waals surface area contributed by atoms with E-state index in [1.54, 1.807) is 0 Å². The van der Waals surface area contributed by atoms with Gasteiger partial charge in [0.2, 0.25) is 0 Å². The maximum Gasteiger partial charge on any atom is 0.103 e. The minimum Gasteiger partial charge on any atom is -0.297 e. The van der Waals surface area contributed by atoms with Crippen molar-refractivity contribution in [3.8, 4) is 0 Å². The Hall–Kier alpha value is -0.240. The van der Waals surface area contributed by atoms with Crippen LogP contribution < -0.4 is 0 Å². The molecule has 0 N–H and O–H groups in total. The molecule has 0 bridgehead atoms. The number of hydrogen-bond acceptors (Lipinski definition) is 6. The lowest BCUT2D eigenvalue weighted by molar-refractivity contribution is -0.363. The molecule has 0 atom stereocenters. The standard InChI is InChI=1S/C9H21N3O3/c1-4-13-10-7-11(14-5-2)9-12(8-10)15-6-3/h4-9H2,1-3H3. The fourth-order valence-corrected chi connectivity index (χ4v) is 1.45. The van der Waals surface area contributed by atoms with E-state index < -0.39 is 0 Å². The van der Waals surface area contributed by atoms with Crippen molar-refractivity contribution < 1.29 is 14.5 Å². The zero-order valence-electron chi connectivity index (χ0n) is 9.81. The molecule has 0 aromatic rings. The monoisotopic (exact) mass is 219 g/mol. The van der Waals surface area contributed by atoms with Gasteiger partial charge in [-0.05, 0) is 20.8 Å². The van der Waals surface area contributed by atoms with E-state index in [2.05, 4.69) is 0 Å². The Bertz CT molecular complexity index is 136. The molecule has 1 saturated heterocycles. The highest BCUT2D eigenvalue weighted by atomic mass is 16.8. The van der Waals surface area contributed by atoms with Gasteiger partial charge in [-0.3, -0.25) is 14.5 Å². The van der Waals surface area contributed by atoms with E-state index in [-0.39, 0.29) is 0 Å². The summed E-state index contributed by atoms with van der Waals surface area (Å²) in [6, 6.07) is 0. The van der Waals surface area contributed by atoms with E-state index in [9.17, 15) is 0 Å². The van der Waals surface area contributed by atoms with E-state index in [0.717, 1.165) is 0 Å². The van der Waals surface area contributed by atoms with Crippen LogP contribution in [0, 0.1) is 0 Å². The van der Waals surface area contributed by atoms with Gasteiger partial charge in [0.25, 0.3) is 0 Å². The predicted molar refractivity (Wildman–Crippen MR) is 55.0 cm³/mol. The van der Waals surface area contributed by atoms with Crippen molar-refractivity contribution in [2.75, 3.05) is 39.8 Å². The average Bonchev–Trinajstić information content (AvgIpc) is 2.19.